The molecule has 0 aliphatic heterocycles. The molecule has 0 radical (unpaired) electrons. The van der Waals surface area contributed by atoms with Crippen LogP contribution in [-0.2, 0) is 0 Å². The van der Waals surface area contributed by atoms with E-state index in [0.29, 0.717) is 0 Å². The van der Waals surface area contributed by atoms with Gasteiger partial charge in [0.2, 0.25) is 0 Å². The normalized spacial score (nSPS) is 10.4. The Hall–Kier alpha value is -2.67. The predicted molar refractivity (Wildman–Crippen MR) is 72.1 cm³/mol. The second kappa shape index (κ2) is 6.40. The summed E-state index contributed by atoms with van der Waals surface area (Å²) in [6.45, 7) is -0.791. The number of benzene rings is 2. The first kappa shape index (κ1) is 15.7. The summed E-state index contributed by atoms with van der Waals surface area (Å²) in [6, 6.07) is 5.86. The van der Waals surface area contributed by atoms with E-state index in [1.807, 2.05) is 5.32 Å². The van der Waals surface area contributed by atoms with Crippen LogP contribution in [0.4, 0.5) is 18.9 Å². The van der Waals surface area contributed by atoms with Crippen molar-refractivity contribution < 1.29 is 27.9 Å². The van der Waals surface area contributed by atoms with Gasteiger partial charge in [0, 0.05) is 5.56 Å². The molecular formula is C15H10F3NO3. The van der Waals surface area contributed by atoms with Gasteiger partial charge in [0.05, 0.1) is 5.69 Å². The molecule has 0 fully saturated rings. The molecule has 2 N–H and O–H groups in total. The Kier molecular flexibility index (Phi) is 4.57. The van der Waals surface area contributed by atoms with E-state index in [4.69, 9.17) is 5.11 Å². The fraction of sp³-hybridized carbons (Fsp3) is 0.0667. The quantitative estimate of drug-likeness (QED) is 0.853. The fourth-order valence-corrected chi connectivity index (χ4v) is 1.79. The number of hydrogen-bond donors (Lipinski definition) is 2. The number of amides is 1. The van der Waals surface area contributed by atoms with E-state index < -0.39 is 47.0 Å². The highest BCUT2D eigenvalue weighted by molar-refractivity contribution is 6.05. The summed E-state index contributed by atoms with van der Waals surface area (Å²) < 4.78 is 40.6. The molecule has 2 aromatic rings. The maximum absolute atomic E-state index is 13.6. The molecule has 0 saturated carbocycles. The average Bonchev–Trinajstić information content (AvgIpc) is 2.48. The molecule has 0 bridgehead atoms. The molecule has 22 heavy (non-hydrogen) atoms. The van der Waals surface area contributed by atoms with Crippen LogP contribution in [0, 0.1) is 17.5 Å². The summed E-state index contributed by atoms with van der Waals surface area (Å²) in [5, 5.41) is 10.8. The van der Waals surface area contributed by atoms with Crippen molar-refractivity contribution in [3.05, 3.63) is 65.0 Å². The average molecular weight is 309 g/mol. The standard InChI is InChI=1S/C15H10F3NO3/c16-9-5-4-8(13(21)7-20)6-12(9)19-15(22)14-10(17)2-1-3-11(14)18/h1-6,20H,7H2,(H,19,22). The van der Waals surface area contributed by atoms with E-state index >= 15 is 0 Å². The molecule has 0 heterocycles. The second-order valence-electron chi connectivity index (χ2n) is 4.33. The number of carbonyl (C=O) groups is 2. The topological polar surface area (TPSA) is 66.4 Å². The maximum atomic E-state index is 13.6. The molecule has 7 heteroatoms. The molecule has 0 spiro atoms. The smallest absolute Gasteiger partial charge is 0.261 e. The summed E-state index contributed by atoms with van der Waals surface area (Å²) in [5.74, 6) is -4.96. The van der Waals surface area contributed by atoms with Crippen LogP contribution >= 0.6 is 0 Å². The molecule has 4 nitrogen and oxygen atoms in total. The minimum absolute atomic E-state index is 0.0480. The summed E-state index contributed by atoms with van der Waals surface area (Å²) >= 11 is 0. The van der Waals surface area contributed by atoms with Gasteiger partial charge in [0.1, 0.15) is 29.6 Å². The zero-order chi connectivity index (χ0) is 16.3. The fourth-order valence-electron chi connectivity index (χ4n) is 1.79. The van der Waals surface area contributed by atoms with E-state index in [9.17, 15) is 22.8 Å². The van der Waals surface area contributed by atoms with Gasteiger partial charge in [0.25, 0.3) is 5.91 Å². The van der Waals surface area contributed by atoms with Crippen LogP contribution in [0.3, 0.4) is 0 Å². The number of aliphatic hydroxyl groups excluding tert-OH is 1. The molecule has 114 valence electrons. The predicted octanol–water partition coefficient (Wildman–Crippen LogP) is 2.53. The highest BCUT2D eigenvalue weighted by Crippen LogP contribution is 2.19. The number of Topliss-reactive ketones (excluding diaryl/α,β-unsaturated/α-hetero) is 1. The van der Waals surface area contributed by atoms with E-state index in [0.717, 1.165) is 36.4 Å². The molecule has 0 aromatic heterocycles. The maximum Gasteiger partial charge on any atom is 0.261 e. The molecule has 0 atom stereocenters. The van der Waals surface area contributed by atoms with Gasteiger partial charge in [-0.2, -0.15) is 0 Å². The summed E-state index contributed by atoms with van der Waals surface area (Å²) in [5.41, 5.74) is -1.33. The molecular weight excluding hydrogens is 299 g/mol. The van der Waals surface area contributed by atoms with E-state index in [1.165, 1.54) is 0 Å². The second-order valence-corrected chi connectivity index (χ2v) is 4.33. The number of rotatable bonds is 4. The van der Waals surface area contributed by atoms with Crippen molar-refractivity contribution in [1.29, 1.82) is 0 Å². The van der Waals surface area contributed by atoms with Crippen LogP contribution in [0.2, 0.25) is 0 Å². The highest BCUT2D eigenvalue weighted by Gasteiger charge is 2.19. The number of aliphatic hydroxyl groups is 1. The zero-order valence-corrected chi connectivity index (χ0v) is 11.1. The first-order chi connectivity index (χ1) is 10.4. The number of nitrogens with one attached hydrogen (secondary N) is 1. The Morgan fingerprint density at radius 1 is 1.00 bits per heavy atom. The van der Waals surface area contributed by atoms with Crippen LogP contribution in [0.1, 0.15) is 20.7 Å². The van der Waals surface area contributed by atoms with Gasteiger partial charge in [-0.3, -0.25) is 9.59 Å². The Balaban J connectivity index is 2.34. The molecule has 0 saturated heterocycles. The summed E-state index contributed by atoms with van der Waals surface area (Å²) in [4.78, 5) is 23.2. The molecule has 0 aliphatic rings. The van der Waals surface area contributed by atoms with Gasteiger partial charge in [-0.1, -0.05) is 6.07 Å². The van der Waals surface area contributed by atoms with Gasteiger partial charge in [-0.25, -0.2) is 13.2 Å². The van der Waals surface area contributed by atoms with Gasteiger partial charge in [-0.05, 0) is 30.3 Å². The van der Waals surface area contributed by atoms with Crippen LogP contribution in [0.15, 0.2) is 36.4 Å². The molecule has 0 aliphatic carbocycles. The van der Waals surface area contributed by atoms with E-state index in [1.54, 1.807) is 0 Å². The lowest BCUT2D eigenvalue weighted by molar-refractivity contribution is 0.0903. The third kappa shape index (κ3) is 3.15. The largest absolute Gasteiger partial charge is 0.388 e. The highest BCUT2D eigenvalue weighted by atomic mass is 19.1. The minimum Gasteiger partial charge on any atom is -0.388 e. The van der Waals surface area contributed by atoms with Gasteiger partial charge < -0.3 is 10.4 Å². The number of carbonyl (C=O) groups excluding carboxylic acids is 2. The number of halogens is 3. The van der Waals surface area contributed by atoms with Crippen LogP contribution in [-0.4, -0.2) is 23.4 Å². The third-order valence-electron chi connectivity index (χ3n) is 2.87. The van der Waals surface area contributed by atoms with Crippen molar-refractivity contribution in [2.24, 2.45) is 0 Å². The van der Waals surface area contributed by atoms with Crippen LogP contribution < -0.4 is 5.32 Å². The summed E-state index contributed by atoms with van der Waals surface area (Å²) in [7, 11) is 0. The van der Waals surface area contributed by atoms with Gasteiger partial charge in [-0.15, -0.1) is 0 Å². The summed E-state index contributed by atoms with van der Waals surface area (Å²) in [6.07, 6.45) is 0. The zero-order valence-electron chi connectivity index (χ0n) is 11.1. The lowest BCUT2D eigenvalue weighted by Crippen LogP contribution is -2.17. The number of ketones is 1. The molecule has 2 rings (SSSR count). The molecule has 0 unspecified atom stereocenters. The Labute approximate surface area is 123 Å². The van der Waals surface area contributed by atoms with E-state index in [2.05, 4.69) is 0 Å². The Bertz CT molecular complexity index is 727. The molecule has 1 amide bonds. The van der Waals surface area contributed by atoms with Crippen molar-refractivity contribution in [3.63, 3.8) is 0 Å². The van der Waals surface area contributed by atoms with Crippen molar-refractivity contribution in [3.8, 4) is 0 Å². The number of hydrogen-bond acceptors (Lipinski definition) is 3. The monoisotopic (exact) mass is 309 g/mol. The SMILES string of the molecule is O=C(CO)c1ccc(F)c(NC(=O)c2c(F)cccc2F)c1. The van der Waals surface area contributed by atoms with E-state index in [-0.39, 0.29) is 5.56 Å². The van der Waals surface area contributed by atoms with Crippen molar-refractivity contribution in [2.75, 3.05) is 11.9 Å². The van der Waals surface area contributed by atoms with Crippen LogP contribution in [0.5, 0.6) is 0 Å². The van der Waals surface area contributed by atoms with Crippen molar-refractivity contribution >= 4 is 17.4 Å². The van der Waals surface area contributed by atoms with Gasteiger partial charge in [0.15, 0.2) is 5.78 Å². The lowest BCUT2D eigenvalue weighted by atomic mass is 10.1. The minimum atomic E-state index is -1.19. The first-order valence-corrected chi connectivity index (χ1v) is 6.13. The van der Waals surface area contributed by atoms with Gasteiger partial charge >= 0.3 is 0 Å². The Morgan fingerprint density at radius 3 is 2.23 bits per heavy atom. The Morgan fingerprint density at radius 2 is 1.64 bits per heavy atom. The van der Waals surface area contributed by atoms with Crippen molar-refractivity contribution in [1.82, 2.24) is 0 Å². The number of anilines is 1. The molecule has 2 aromatic carbocycles. The third-order valence-corrected chi connectivity index (χ3v) is 2.87. The first-order valence-electron chi connectivity index (χ1n) is 6.13. The van der Waals surface area contributed by atoms with Crippen molar-refractivity contribution in [2.45, 2.75) is 0 Å². The lowest BCUT2D eigenvalue weighted by Gasteiger charge is -2.09. The van der Waals surface area contributed by atoms with Crippen LogP contribution in [0.25, 0.3) is 0 Å².